The Bertz CT molecular complexity index is 647. The summed E-state index contributed by atoms with van der Waals surface area (Å²) in [5.74, 6) is 1.52. The molecule has 0 radical (unpaired) electrons. The van der Waals surface area contributed by atoms with E-state index >= 15 is 0 Å². The summed E-state index contributed by atoms with van der Waals surface area (Å²) in [6.07, 6.45) is 4.88. The van der Waals surface area contributed by atoms with Crippen LogP contribution in [0.1, 0.15) is 38.3 Å². The van der Waals surface area contributed by atoms with Gasteiger partial charge < -0.3 is 15.5 Å². The zero-order valence-electron chi connectivity index (χ0n) is 14.7. The first-order valence-electron chi connectivity index (χ1n) is 8.96. The predicted molar refractivity (Wildman–Crippen MR) is 101 cm³/mol. The van der Waals surface area contributed by atoms with Crippen molar-refractivity contribution in [2.75, 3.05) is 35.2 Å². The number of rotatable bonds is 7. The van der Waals surface area contributed by atoms with Crippen molar-refractivity contribution in [2.45, 2.75) is 39.5 Å². The Kier molecular flexibility index (Phi) is 5.51. The molecule has 1 fully saturated rings. The largest absolute Gasteiger partial charge is 0.372 e. The molecule has 128 valence electrons. The van der Waals surface area contributed by atoms with Crippen LogP contribution >= 0.6 is 0 Å². The van der Waals surface area contributed by atoms with Gasteiger partial charge in [0, 0.05) is 42.8 Å². The van der Waals surface area contributed by atoms with Crippen molar-refractivity contribution in [3.05, 3.63) is 36.0 Å². The molecule has 3 rings (SSSR count). The van der Waals surface area contributed by atoms with Gasteiger partial charge in [-0.25, -0.2) is 4.98 Å². The van der Waals surface area contributed by atoms with Crippen LogP contribution < -0.4 is 15.5 Å². The molecule has 0 spiro atoms. The molecular formula is C19H27N5. The summed E-state index contributed by atoms with van der Waals surface area (Å²) >= 11 is 0. The maximum Gasteiger partial charge on any atom is 0.224 e. The molecule has 0 saturated carbocycles. The molecule has 0 bridgehead atoms. The van der Waals surface area contributed by atoms with Crippen molar-refractivity contribution in [3.8, 4) is 0 Å². The number of hydrogen-bond acceptors (Lipinski definition) is 5. The Balaban J connectivity index is 1.66. The van der Waals surface area contributed by atoms with Crippen molar-refractivity contribution in [1.29, 1.82) is 0 Å². The zero-order chi connectivity index (χ0) is 16.8. The third kappa shape index (κ3) is 4.37. The van der Waals surface area contributed by atoms with Crippen LogP contribution in [-0.2, 0) is 0 Å². The highest BCUT2D eigenvalue weighted by atomic mass is 15.2. The SMILES string of the molecule is CCCCNc1nc(C)cc(Nc2ccc(N3CCCC3)cc2)n1. The highest BCUT2D eigenvalue weighted by Crippen LogP contribution is 2.23. The number of benzene rings is 1. The maximum absolute atomic E-state index is 4.56. The van der Waals surface area contributed by atoms with Crippen LogP contribution in [0.3, 0.4) is 0 Å². The molecule has 1 aromatic heterocycles. The van der Waals surface area contributed by atoms with E-state index in [2.05, 4.69) is 56.7 Å². The van der Waals surface area contributed by atoms with E-state index in [9.17, 15) is 0 Å². The standard InChI is InChI=1S/C19H27N5/c1-3-4-11-20-19-21-15(2)14-18(23-19)22-16-7-9-17(10-8-16)24-12-5-6-13-24/h7-10,14H,3-6,11-13H2,1-2H3,(H2,20,21,22,23). The van der Waals surface area contributed by atoms with Gasteiger partial charge in [0.1, 0.15) is 5.82 Å². The summed E-state index contributed by atoms with van der Waals surface area (Å²) in [6, 6.07) is 10.6. The first-order valence-corrected chi connectivity index (χ1v) is 8.96. The molecule has 2 heterocycles. The number of aryl methyl sites for hydroxylation is 1. The van der Waals surface area contributed by atoms with E-state index < -0.39 is 0 Å². The summed E-state index contributed by atoms with van der Waals surface area (Å²) < 4.78 is 0. The van der Waals surface area contributed by atoms with Gasteiger partial charge in [-0.15, -0.1) is 0 Å². The molecule has 0 atom stereocenters. The minimum atomic E-state index is 0.694. The minimum absolute atomic E-state index is 0.694. The molecule has 24 heavy (non-hydrogen) atoms. The molecule has 5 heteroatoms. The molecule has 2 N–H and O–H groups in total. The first kappa shape index (κ1) is 16.6. The third-order valence-electron chi connectivity index (χ3n) is 4.28. The van der Waals surface area contributed by atoms with E-state index in [1.807, 2.05) is 13.0 Å². The van der Waals surface area contributed by atoms with Crippen molar-refractivity contribution >= 4 is 23.1 Å². The van der Waals surface area contributed by atoms with E-state index in [0.717, 1.165) is 36.6 Å². The molecule has 2 aromatic rings. The summed E-state index contributed by atoms with van der Waals surface area (Å²) in [4.78, 5) is 11.4. The molecular weight excluding hydrogens is 298 g/mol. The quantitative estimate of drug-likeness (QED) is 0.742. The van der Waals surface area contributed by atoms with Crippen LogP contribution in [0.15, 0.2) is 30.3 Å². The average Bonchev–Trinajstić information content (AvgIpc) is 3.10. The molecule has 0 amide bonds. The Morgan fingerprint density at radius 2 is 1.83 bits per heavy atom. The van der Waals surface area contributed by atoms with Gasteiger partial charge in [-0.2, -0.15) is 4.98 Å². The van der Waals surface area contributed by atoms with E-state index in [1.54, 1.807) is 0 Å². The summed E-state index contributed by atoms with van der Waals surface area (Å²) in [7, 11) is 0. The topological polar surface area (TPSA) is 53.1 Å². The minimum Gasteiger partial charge on any atom is -0.372 e. The van der Waals surface area contributed by atoms with Crippen molar-refractivity contribution in [3.63, 3.8) is 0 Å². The Hall–Kier alpha value is -2.30. The van der Waals surface area contributed by atoms with Gasteiger partial charge in [-0.1, -0.05) is 13.3 Å². The normalized spacial score (nSPS) is 14.0. The molecule has 1 aromatic carbocycles. The Labute approximate surface area is 144 Å². The highest BCUT2D eigenvalue weighted by Gasteiger charge is 2.11. The summed E-state index contributed by atoms with van der Waals surface area (Å²) in [5.41, 5.74) is 3.31. The lowest BCUT2D eigenvalue weighted by Gasteiger charge is -2.18. The number of nitrogens with one attached hydrogen (secondary N) is 2. The maximum atomic E-state index is 4.56. The van der Waals surface area contributed by atoms with E-state index in [-0.39, 0.29) is 0 Å². The smallest absolute Gasteiger partial charge is 0.224 e. The fraction of sp³-hybridized carbons (Fsp3) is 0.474. The molecule has 0 aliphatic carbocycles. The fourth-order valence-corrected chi connectivity index (χ4v) is 2.97. The number of aromatic nitrogens is 2. The monoisotopic (exact) mass is 325 g/mol. The van der Waals surface area contributed by atoms with Gasteiger partial charge in [0.25, 0.3) is 0 Å². The summed E-state index contributed by atoms with van der Waals surface area (Å²) in [5, 5.41) is 6.67. The van der Waals surface area contributed by atoms with Gasteiger partial charge in [0.05, 0.1) is 0 Å². The van der Waals surface area contributed by atoms with Gasteiger partial charge in [-0.3, -0.25) is 0 Å². The second-order valence-corrected chi connectivity index (χ2v) is 6.36. The lowest BCUT2D eigenvalue weighted by atomic mass is 10.2. The molecule has 1 aliphatic heterocycles. The lowest BCUT2D eigenvalue weighted by Crippen LogP contribution is -2.17. The second kappa shape index (κ2) is 7.99. The van der Waals surface area contributed by atoms with Crippen LogP contribution in [0.2, 0.25) is 0 Å². The number of hydrogen-bond donors (Lipinski definition) is 2. The fourth-order valence-electron chi connectivity index (χ4n) is 2.97. The lowest BCUT2D eigenvalue weighted by molar-refractivity contribution is 0.825. The van der Waals surface area contributed by atoms with Crippen LogP contribution in [0.25, 0.3) is 0 Å². The second-order valence-electron chi connectivity index (χ2n) is 6.36. The first-order chi connectivity index (χ1) is 11.7. The van der Waals surface area contributed by atoms with Crippen LogP contribution in [0.5, 0.6) is 0 Å². The molecule has 1 saturated heterocycles. The molecule has 1 aliphatic rings. The van der Waals surface area contributed by atoms with E-state index in [1.165, 1.54) is 31.6 Å². The number of nitrogens with zero attached hydrogens (tertiary/aromatic N) is 3. The van der Waals surface area contributed by atoms with Crippen LogP contribution in [0.4, 0.5) is 23.1 Å². The van der Waals surface area contributed by atoms with Gasteiger partial charge in [0.2, 0.25) is 5.95 Å². The zero-order valence-corrected chi connectivity index (χ0v) is 14.7. The van der Waals surface area contributed by atoms with Crippen molar-refractivity contribution < 1.29 is 0 Å². The van der Waals surface area contributed by atoms with Gasteiger partial charge in [-0.05, 0) is 50.5 Å². The number of unbranched alkanes of at least 4 members (excludes halogenated alkanes) is 1. The van der Waals surface area contributed by atoms with Gasteiger partial charge in [0.15, 0.2) is 0 Å². The van der Waals surface area contributed by atoms with Crippen LogP contribution in [0, 0.1) is 6.92 Å². The molecule has 0 unspecified atom stereocenters. The Morgan fingerprint density at radius 1 is 1.08 bits per heavy atom. The molecule has 5 nitrogen and oxygen atoms in total. The predicted octanol–water partition coefficient (Wildman–Crippen LogP) is 4.34. The summed E-state index contributed by atoms with van der Waals surface area (Å²) in [6.45, 7) is 7.42. The van der Waals surface area contributed by atoms with Gasteiger partial charge >= 0.3 is 0 Å². The van der Waals surface area contributed by atoms with Crippen molar-refractivity contribution in [1.82, 2.24) is 9.97 Å². The highest BCUT2D eigenvalue weighted by molar-refractivity contribution is 5.61. The average molecular weight is 325 g/mol. The third-order valence-corrected chi connectivity index (χ3v) is 4.28. The van der Waals surface area contributed by atoms with Crippen molar-refractivity contribution in [2.24, 2.45) is 0 Å². The van der Waals surface area contributed by atoms with Crippen LogP contribution in [-0.4, -0.2) is 29.6 Å². The Morgan fingerprint density at radius 3 is 2.54 bits per heavy atom. The van der Waals surface area contributed by atoms with E-state index in [4.69, 9.17) is 0 Å². The van der Waals surface area contributed by atoms with E-state index in [0.29, 0.717) is 5.95 Å². The number of anilines is 4.